The maximum atomic E-state index is 13.3. The lowest BCUT2D eigenvalue weighted by atomic mass is 10.1. The first-order valence-electron chi connectivity index (χ1n) is 28.1. The molecule has 0 saturated carbocycles. The number of carbonyl (C=O) groups excluding carboxylic acids is 9. The maximum Gasteiger partial charge on any atom is 0.347 e. The number of hydrogen-bond acceptors (Lipinski definition) is 32. The largest absolute Gasteiger partial charge is 0.479 e. The first kappa shape index (κ1) is 82.7. The molecule has 41 heteroatoms. The van der Waals surface area contributed by atoms with Crippen LogP contribution in [0.15, 0.2) is 29.0 Å². The highest BCUT2D eigenvalue weighted by Gasteiger charge is 2.42. The van der Waals surface area contributed by atoms with Gasteiger partial charge in [0.15, 0.2) is 48.8 Å². The number of likely N-dealkylation sites (N-methyl/N-ethyl adjacent to an activating group) is 2. The van der Waals surface area contributed by atoms with E-state index in [1.165, 1.54) is 55.5 Å². The maximum absolute atomic E-state index is 13.3. The molecule has 6 N–H and O–H groups in total. The van der Waals surface area contributed by atoms with Gasteiger partial charge in [-0.15, -0.1) is 22.7 Å². The molecule has 0 bridgehead atoms. The van der Waals surface area contributed by atoms with E-state index in [-0.39, 0.29) is 43.9 Å². The normalized spacial score (nSPS) is 18.4. The topological polar surface area (TPSA) is 488 Å². The minimum Gasteiger partial charge on any atom is -0.479 e. The molecule has 10 atom stereocenters. The number of carboxylic acids is 1. The van der Waals surface area contributed by atoms with Gasteiger partial charge < -0.3 is 63.1 Å². The Hall–Kier alpha value is -6.38. The molecular formula is C52H80N6O29S6. The van der Waals surface area contributed by atoms with Crippen LogP contribution >= 0.6 is 22.7 Å². The van der Waals surface area contributed by atoms with E-state index < -0.39 is 159 Å². The molecule has 35 nitrogen and oxygen atoms in total. The summed E-state index contributed by atoms with van der Waals surface area (Å²) in [4.78, 5) is 116. The summed E-state index contributed by atoms with van der Waals surface area (Å²) in [7, 11) is -13.2. The highest BCUT2D eigenvalue weighted by Crippen LogP contribution is 2.41. The lowest BCUT2D eigenvalue weighted by Gasteiger charge is -2.32. The molecule has 2 aromatic rings. The van der Waals surface area contributed by atoms with Crippen LogP contribution in [0, 0.1) is 0 Å². The Morgan fingerprint density at radius 1 is 0.538 bits per heavy atom. The third-order valence-electron chi connectivity index (χ3n) is 12.4. The number of carboxylic acid groups (broad SMARTS) is 1. The van der Waals surface area contributed by atoms with Gasteiger partial charge in [-0.2, -0.15) is 8.61 Å². The number of carbonyl (C=O) groups is 10. The SMILES string of the molecule is CC(=O)O[C@@H](C)C(=O)O[C@H](C)C(=O)O[C@H](C)C(=O)O[C@H](C)C(=O)O.CCN[C@H]1CN(CCCOC)S(=O)(=O)c2sc(S(=O)(=O)NC(=O)[C@H](C)OC(=O)[C@H](C)OC(=O)[C@H](C)OC(=O)[C@H](C)OC(C)=O)cc21.CCN[C@H]1CN(CCCOC)S(=O)(=O)c2sc(S(N)(=O)=O)cc21. The number of nitrogens with two attached hydrogens (primary N) is 1. The number of amides is 1. The van der Waals surface area contributed by atoms with Crippen molar-refractivity contribution >= 4 is 122 Å². The number of sulfonamides is 4. The molecule has 0 fully saturated rings. The Morgan fingerprint density at radius 2 is 0.839 bits per heavy atom. The highest BCUT2D eigenvalue weighted by atomic mass is 32.3. The lowest BCUT2D eigenvalue weighted by Crippen LogP contribution is -2.43. The quantitative estimate of drug-likeness (QED) is 0.0374. The van der Waals surface area contributed by atoms with Gasteiger partial charge in [-0.3, -0.25) is 14.4 Å². The van der Waals surface area contributed by atoms with Crippen LogP contribution in [-0.4, -0.2) is 223 Å². The molecule has 4 heterocycles. The lowest BCUT2D eigenvalue weighted by molar-refractivity contribution is -0.184. The second-order valence-electron chi connectivity index (χ2n) is 20.1. The second kappa shape index (κ2) is 37.1. The minimum atomic E-state index is -4.61. The number of thiophene rings is 2. The standard InChI is InChI=1S/C26H39N3O14S3.C14H20O10.C12H21N3O5S3/c1-8-27-20-13-29(10-9-11-39-7)46(37,38)26-19(20)12-21(44-26)45(35,36)28-22(31)14(2)41-24(33)16(4)43-25(34)17(5)42-23(32)15(3)40-18(6)30;1-6(11(16)17)22-13(19)8(3)24-14(20)9(4)23-12(18)7(2)21-10(5)15;1-3-14-10-8-15(5-4-6-20-2)23(18,19)12-9(10)7-11(21-12)22(13,16)17/h12,14-17,20,27H,8-11,13H2,1-7H3,(H,28,31);6-9H,1-5H3,(H,16,17);7,10,14H,3-6,8H2,1-2H3,(H2,13,16,17)/t14-,15-,16-,17-,20-;6-,7+,8-,9-;10-/m010/s1. The molecule has 4 rings (SSSR count). The van der Waals surface area contributed by atoms with Crippen molar-refractivity contribution < 1.29 is 134 Å². The number of aliphatic carboxylic acids is 1. The molecule has 0 aliphatic carbocycles. The predicted octanol–water partition coefficient (Wildman–Crippen LogP) is -0.104. The van der Waals surface area contributed by atoms with Gasteiger partial charge >= 0.3 is 53.7 Å². The van der Waals surface area contributed by atoms with Crippen LogP contribution in [-0.2, 0) is 135 Å². The number of nitrogens with one attached hydrogen (secondary N) is 3. The van der Waals surface area contributed by atoms with Gasteiger partial charge in [0.25, 0.3) is 36.0 Å². The molecule has 0 radical (unpaired) electrons. The zero-order valence-electron chi connectivity index (χ0n) is 53.3. The summed E-state index contributed by atoms with van der Waals surface area (Å²) in [6.07, 6.45) is -10.5. The van der Waals surface area contributed by atoms with Crippen molar-refractivity contribution in [3.05, 3.63) is 23.3 Å². The molecule has 0 unspecified atom stereocenters. The summed E-state index contributed by atoms with van der Waals surface area (Å²) >= 11 is 1.19. The van der Waals surface area contributed by atoms with E-state index in [0.29, 0.717) is 73.9 Å². The number of fused-ring (bicyclic) bond motifs is 2. The van der Waals surface area contributed by atoms with E-state index in [2.05, 4.69) is 24.8 Å². The van der Waals surface area contributed by atoms with Gasteiger partial charge in [0.05, 0.1) is 0 Å². The number of ether oxygens (including phenoxy) is 10. The van der Waals surface area contributed by atoms with Crippen LogP contribution in [0.1, 0.15) is 119 Å². The van der Waals surface area contributed by atoms with Crippen LogP contribution < -0.4 is 20.5 Å². The monoisotopic (exact) mass is 1440 g/mol. The van der Waals surface area contributed by atoms with E-state index >= 15 is 0 Å². The average Bonchev–Trinajstić information content (AvgIpc) is 1.63. The van der Waals surface area contributed by atoms with Crippen LogP contribution in [0.4, 0.5) is 0 Å². The van der Waals surface area contributed by atoms with Crippen molar-refractivity contribution in [3.63, 3.8) is 0 Å². The van der Waals surface area contributed by atoms with Crippen LogP contribution in [0.5, 0.6) is 0 Å². The third-order valence-corrected chi connectivity index (χ3v) is 22.7. The first-order valence-corrected chi connectivity index (χ1v) is 35.7. The first-order chi connectivity index (χ1) is 43.0. The Labute approximate surface area is 546 Å². The summed E-state index contributed by atoms with van der Waals surface area (Å²) in [6, 6.07) is 1.79. The van der Waals surface area contributed by atoms with E-state index in [9.17, 15) is 81.6 Å². The molecule has 1 amide bonds. The van der Waals surface area contributed by atoms with Crippen LogP contribution in [0.2, 0.25) is 0 Å². The van der Waals surface area contributed by atoms with E-state index in [1.807, 2.05) is 13.8 Å². The van der Waals surface area contributed by atoms with E-state index in [4.69, 9.17) is 43.4 Å². The summed E-state index contributed by atoms with van der Waals surface area (Å²) in [5.74, 6) is -10.6. The van der Waals surface area contributed by atoms with Crippen molar-refractivity contribution in [1.82, 2.24) is 24.0 Å². The summed E-state index contributed by atoms with van der Waals surface area (Å²) < 4.78 is 153. The number of primary sulfonamides is 1. The molecule has 0 spiro atoms. The fourth-order valence-corrected chi connectivity index (χ4v) is 17.0. The van der Waals surface area contributed by atoms with Gasteiger partial charge in [0.1, 0.15) is 16.8 Å². The Morgan fingerprint density at radius 3 is 1.14 bits per heavy atom. The second-order valence-corrected chi connectivity index (χ2v) is 30.2. The van der Waals surface area contributed by atoms with E-state index in [0.717, 1.165) is 41.5 Å². The number of methoxy groups -OCH3 is 2. The molecular weight excluding hydrogens is 1360 g/mol. The zero-order valence-corrected chi connectivity index (χ0v) is 58.2. The number of nitrogens with zero attached hydrogens (tertiary/aromatic N) is 2. The molecule has 528 valence electrons. The van der Waals surface area contributed by atoms with Gasteiger partial charge in [0, 0.05) is 90.7 Å². The zero-order chi connectivity index (χ0) is 71.3. The summed E-state index contributed by atoms with van der Waals surface area (Å²) in [5.41, 5.74) is 0.724. The molecule has 0 saturated heterocycles. The Kier molecular flexibility index (Phi) is 33.0. The van der Waals surface area contributed by atoms with Crippen LogP contribution in [0.3, 0.4) is 0 Å². The third kappa shape index (κ3) is 25.0. The molecule has 2 aliphatic rings. The molecule has 2 aliphatic heterocycles. The number of esters is 8. The van der Waals surface area contributed by atoms with Crippen molar-refractivity contribution in [2.75, 3.05) is 66.7 Å². The predicted molar refractivity (Wildman–Crippen MR) is 322 cm³/mol. The van der Waals surface area contributed by atoms with Gasteiger partial charge in [-0.05, 0) is 93.5 Å². The van der Waals surface area contributed by atoms with E-state index in [1.54, 1.807) is 11.8 Å². The number of hydrogen-bond donors (Lipinski definition) is 5. The number of rotatable bonds is 31. The van der Waals surface area contributed by atoms with Gasteiger partial charge in [-0.1, -0.05) is 13.8 Å². The van der Waals surface area contributed by atoms with Crippen LogP contribution in [0.25, 0.3) is 0 Å². The van der Waals surface area contributed by atoms with Crippen molar-refractivity contribution in [2.24, 2.45) is 5.14 Å². The Balaban J connectivity index is 0.000000525. The smallest absolute Gasteiger partial charge is 0.347 e. The fourth-order valence-electron chi connectivity index (χ4n) is 7.74. The molecule has 2 aromatic heterocycles. The fraction of sp³-hybridized carbons (Fsp3) is 0.654. The van der Waals surface area contributed by atoms with Crippen molar-refractivity contribution in [1.29, 1.82) is 0 Å². The summed E-state index contributed by atoms with van der Waals surface area (Å²) in [6.45, 7) is 17.9. The van der Waals surface area contributed by atoms with Crippen molar-refractivity contribution in [3.8, 4) is 0 Å². The molecule has 0 aromatic carbocycles. The highest BCUT2D eigenvalue weighted by molar-refractivity contribution is 7.94. The van der Waals surface area contributed by atoms with Gasteiger partial charge in [-0.25, -0.2) is 77.1 Å². The Bertz CT molecular complexity index is 3450. The molecule has 93 heavy (non-hydrogen) atoms. The van der Waals surface area contributed by atoms with Gasteiger partial charge in [0.2, 0.25) is 10.0 Å². The van der Waals surface area contributed by atoms with Crippen molar-refractivity contribution in [2.45, 2.75) is 174 Å². The minimum absolute atomic E-state index is 0.0520. The average molecular weight is 1450 g/mol. The summed E-state index contributed by atoms with van der Waals surface area (Å²) in [5, 5.41) is 20.1.